The second-order valence-corrected chi connectivity index (χ2v) is 3.98. The van der Waals surface area contributed by atoms with Crippen LogP contribution in [-0.4, -0.2) is 19.5 Å². The number of oxazole rings is 1. The summed E-state index contributed by atoms with van der Waals surface area (Å²) in [5.74, 6) is 2.38. The van der Waals surface area contributed by atoms with E-state index < -0.39 is 0 Å². The molecule has 3 heterocycles. The highest BCUT2D eigenvalue weighted by molar-refractivity contribution is 5.54. The summed E-state index contributed by atoms with van der Waals surface area (Å²) in [7, 11) is 0. The van der Waals surface area contributed by atoms with Crippen LogP contribution in [0.3, 0.4) is 0 Å². The van der Waals surface area contributed by atoms with Crippen molar-refractivity contribution in [2.24, 2.45) is 0 Å². The van der Waals surface area contributed by atoms with Gasteiger partial charge in [0.1, 0.15) is 18.1 Å². The molecule has 0 N–H and O–H groups in total. The lowest BCUT2D eigenvalue weighted by Crippen LogP contribution is -2.01. The van der Waals surface area contributed by atoms with Gasteiger partial charge in [0.05, 0.1) is 6.20 Å². The smallest absolute Gasteiger partial charge is 0.214 e. The van der Waals surface area contributed by atoms with Gasteiger partial charge in [-0.25, -0.2) is 9.97 Å². The summed E-state index contributed by atoms with van der Waals surface area (Å²) >= 11 is 0. The molecular formula is C13H12N4O. The molecule has 3 aromatic rings. The van der Waals surface area contributed by atoms with Crippen molar-refractivity contribution >= 4 is 0 Å². The summed E-state index contributed by atoms with van der Waals surface area (Å²) < 4.78 is 7.48. The highest BCUT2D eigenvalue weighted by atomic mass is 16.4. The van der Waals surface area contributed by atoms with Crippen LogP contribution >= 0.6 is 0 Å². The van der Waals surface area contributed by atoms with Crippen molar-refractivity contribution in [3.05, 3.63) is 54.8 Å². The molecule has 0 aliphatic rings. The molecule has 18 heavy (non-hydrogen) atoms. The van der Waals surface area contributed by atoms with Gasteiger partial charge in [0.15, 0.2) is 0 Å². The first-order valence-corrected chi connectivity index (χ1v) is 5.66. The van der Waals surface area contributed by atoms with E-state index in [9.17, 15) is 0 Å². The summed E-state index contributed by atoms with van der Waals surface area (Å²) in [4.78, 5) is 12.6. The Morgan fingerprint density at radius 3 is 2.72 bits per heavy atom. The van der Waals surface area contributed by atoms with E-state index in [1.807, 2.05) is 29.8 Å². The third-order valence-electron chi connectivity index (χ3n) is 2.63. The lowest BCUT2D eigenvalue weighted by molar-refractivity contribution is 0.458. The van der Waals surface area contributed by atoms with E-state index in [0.29, 0.717) is 12.4 Å². The SMILES string of the molecule is Cc1cnc(Cn2ccnc2-c2ccncc2)o1. The molecule has 0 bridgehead atoms. The van der Waals surface area contributed by atoms with Gasteiger partial charge < -0.3 is 8.98 Å². The Bertz CT molecular complexity index is 642. The first-order valence-electron chi connectivity index (χ1n) is 5.66. The van der Waals surface area contributed by atoms with Crippen molar-refractivity contribution in [1.82, 2.24) is 19.5 Å². The van der Waals surface area contributed by atoms with Crippen molar-refractivity contribution in [2.75, 3.05) is 0 Å². The third-order valence-corrected chi connectivity index (χ3v) is 2.63. The molecule has 0 aliphatic carbocycles. The molecule has 90 valence electrons. The van der Waals surface area contributed by atoms with Crippen LogP contribution in [-0.2, 0) is 6.54 Å². The molecule has 0 fully saturated rings. The summed E-state index contributed by atoms with van der Waals surface area (Å²) in [6.07, 6.45) is 8.91. The largest absolute Gasteiger partial charge is 0.444 e. The second kappa shape index (κ2) is 4.44. The molecule has 5 nitrogen and oxygen atoms in total. The van der Waals surface area contributed by atoms with Gasteiger partial charge in [-0.05, 0) is 19.1 Å². The number of pyridine rings is 1. The summed E-state index contributed by atoms with van der Waals surface area (Å²) in [5.41, 5.74) is 1.03. The minimum absolute atomic E-state index is 0.575. The van der Waals surface area contributed by atoms with E-state index in [0.717, 1.165) is 17.1 Å². The van der Waals surface area contributed by atoms with Gasteiger partial charge >= 0.3 is 0 Å². The molecule has 0 radical (unpaired) electrons. The first kappa shape index (κ1) is 10.7. The zero-order valence-corrected chi connectivity index (χ0v) is 9.95. The minimum Gasteiger partial charge on any atom is -0.444 e. The number of hydrogen-bond donors (Lipinski definition) is 0. The molecular weight excluding hydrogens is 228 g/mol. The summed E-state index contributed by atoms with van der Waals surface area (Å²) in [6.45, 7) is 2.46. The van der Waals surface area contributed by atoms with Gasteiger partial charge in [-0.2, -0.15) is 0 Å². The Hall–Kier alpha value is -2.43. The molecule has 0 aromatic carbocycles. The normalized spacial score (nSPS) is 10.7. The van der Waals surface area contributed by atoms with Gasteiger partial charge in [0.2, 0.25) is 5.89 Å². The number of nitrogens with zero attached hydrogens (tertiary/aromatic N) is 4. The summed E-state index contributed by atoms with van der Waals surface area (Å²) in [6, 6.07) is 3.86. The standard InChI is InChI=1S/C13H12N4O/c1-10-8-16-12(18-10)9-17-7-6-15-13(17)11-2-4-14-5-3-11/h2-8H,9H2,1H3. The van der Waals surface area contributed by atoms with Crippen LogP contribution in [0.15, 0.2) is 47.5 Å². The average molecular weight is 240 g/mol. The van der Waals surface area contributed by atoms with Gasteiger partial charge in [-0.15, -0.1) is 0 Å². The maximum Gasteiger partial charge on any atom is 0.214 e. The number of aryl methyl sites for hydroxylation is 1. The second-order valence-electron chi connectivity index (χ2n) is 3.98. The molecule has 0 saturated heterocycles. The fourth-order valence-electron chi connectivity index (χ4n) is 1.82. The predicted molar refractivity (Wildman–Crippen MR) is 65.8 cm³/mol. The average Bonchev–Trinajstić information content (AvgIpc) is 3.00. The quantitative estimate of drug-likeness (QED) is 0.704. The highest BCUT2D eigenvalue weighted by Gasteiger charge is 2.08. The van der Waals surface area contributed by atoms with Crippen molar-refractivity contribution in [3.8, 4) is 11.4 Å². The van der Waals surface area contributed by atoms with Gasteiger partial charge in [0.25, 0.3) is 0 Å². The Morgan fingerprint density at radius 2 is 2.00 bits per heavy atom. The van der Waals surface area contributed by atoms with E-state index in [4.69, 9.17) is 4.42 Å². The van der Waals surface area contributed by atoms with Crippen LogP contribution in [0.5, 0.6) is 0 Å². The lowest BCUT2D eigenvalue weighted by atomic mass is 10.2. The molecule has 0 spiro atoms. The Balaban J connectivity index is 1.93. The van der Waals surface area contributed by atoms with Crippen LogP contribution in [0.25, 0.3) is 11.4 Å². The van der Waals surface area contributed by atoms with E-state index in [-0.39, 0.29) is 0 Å². The maximum absolute atomic E-state index is 5.48. The van der Waals surface area contributed by atoms with E-state index in [1.165, 1.54) is 0 Å². The van der Waals surface area contributed by atoms with Gasteiger partial charge in [-0.1, -0.05) is 0 Å². The van der Waals surface area contributed by atoms with E-state index >= 15 is 0 Å². The fraction of sp³-hybridized carbons (Fsp3) is 0.154. The predicted octanol–water partition coefficient (Wildman–Crippen LogP) is 2.29. The maximum atomic E-state index is 5.48. The molecule has 0 amide bonds. The monoisotopic (exact) mass is 240 g/mol. The number of aromatic nitrogens is 4. The topological polar surface area (TPSA) is 56.7 Å². The first-order chi connectivity index (χ1) is 8.83. The molecule has 3 rings (SSSR count). The molecule has 3 aromatic heterocycles. The van der Waals surface area contributed by atoms with Crippen molar-refractivity contribution < 1.29 is 4.42 Å². The lowest BCUT2D eigenvalue weighted by Gasteiger charge is -2.04. The zero-order chi connectivity index (χ0) is 12.4. The van der Waals surface area contributed by atoms with E-state index in [1.54, 1.807) is 24.8 Å². The van der Waals surface area contributed by atoms with Gasteiger partial charge in [0, 0.05) is 30.4 Å². The van der Waals surface area contributed by atoms with Crippen LogP contribution < -0.4 is 0 Å². The highest BCUT2D eigenvalue weighted by Crippen LogP contribution is 2.17. The molecule has 0 atom stereocenters. The Labute approximate surface area is 104 Å². The number of hydrogen-bond acceptors (Lipinski definition) is 4. The minimum atomic E-state index is 0.575. The third kappa shape index (κ3) is 2.02. The van der Waals surface area contributed by atoms with Crippen LogP contribution in [0, 0.1) is 6.92 Å². The Kier molecular flexibility index (Phi) is 2.64. The van der Waals surface area contributed by atoms with Crippen molar-refractivity contribution in [3.63, 3.8) is 0 Å². The van der Waals surface area contributed by atoms with Gasteiger partial charge in [-0.3, -0.25) is 4.98 Å². The zero-order valence-electron chi connectivity index (χ0n) is 9.95. The van der Waals surface area contributed by atoms with Crippen LogP contribution in [0.4, 0.5) is 0 Å². The molecule has 0 aliphatic heterocycles. The molecule has 0 saturated carbocycles. The van der Waals surface area contributed by atoms with Crippen LogP contribution in [0.1, 0.15) is 11.7 Å². The fourth-order valence-corrected chi connectivity index (χ4v) is 1.82. The Morgan fingerprint density at radius 1 is 1.17 bits per heavy atom. The molecule has 5 heteroatoms. The molecule has 0 unspecified atom stereocenters. The number of imidazole rings is 1. The van der Waals surface area contributed by atoms with E-state index in [2.05, 4.69) is 15.0 Å². The van der Waals surface area contributed by atoms with Crippen molar-refractivity contribution in [1.29, 1.82) is 0 Å². The number of rotatable bonds is 3. The van der Waals surface area contributed by atoms with Crippen LogP contribution in [0.2, 0.25) is 0 Å². The summed E-state index contributed by atoms with van der Waals surface area (Å²) in [5, 5.41) is 0. The van der Waals surface area contributed by atoms with Crippen molar-refractivity contribution in [2.45, 2.75) is 13.5 Å².